The highest BCUT2D eigenvalue weighted by Gasteiger charge is 2.20. The predicted octanol–water partition coefficient (Wildman–Crippen LogP) is 2.51. The number of methoxy groups -OCH3 is 1. The first kappa shape index (κ1) is 12.0. The third-order valence-electron chi connectivity index (χ3n) is 3.50. The minimum absolute atomic E-state index is 0.0613. The standard InChI is InChI=1S/C14H18O3/c1-9-7-13(17-2)12(8-14(15)16)11-6-4-3-5-10(9)11/h7H,3-6,8H2,1-2H3,(H,15,16). The second-order valence-corrected chi connectivity index (χ2v) is 4.61. The summed E-state index contributed by atoms with van der Waals surface area (Å²) < 4.78 is 5.33. The van der Waals surface area contributed by atoms with Crippen LogP contribution in [0, 0.1) is 6.92 Å². The quantitative estimate of drug-likeness (QED) is 0.874. The van der Waals surface area contributed by atoms with E-state index >= 15 is 0 Å². The number of aliphatic carboxylic acids is 1. The average molecular weight is 234 g/mol. The lowest BCUT2D eigenvalue weighted by atomic mass is 9.84. The smallest absolute Gasteiger partial charge is 0.307 e. The molecule has 0 spiro atoms. The number of rotatable bonds is 3. The van der Waals surface area contributed by atoms with Gasteiger partial charge in [-0.25, -0.2) is 0 Å². The zero-order chi connectivity index (χ0) is 12.4. The maximum Gasteiger partial charge on any atom is 0.307 e. The summed E-state index contributed by atoms with van der Waals surface area (Å²) in [4.78, 5) is 11.0. The molecule has 0 saturated heterocycles. The lowest BCUT2D eigenvalue weighted by molar-refractivity contribution is -0.136. The molecule has 17 heavy (non-hydrogen) atoms. The fourth-order valence-electron chi connectivity index (χ4n) is 2.72. The van der Waals surface area contributed by atoms with Crippen LogP contribution < -0.4 is 4.74 Å². The number of benzene rings is 1. The van der Waals surface area contributed by atoms with Crippen LogP contribution in [0.2, 0.25) is 0 Å². The normalized spacial score (nSPS) is 14.2. The van der Waals surface area contributed by atoms with Gasteiger partial charge in [0.05, 0.1) is 13.5 Å². The molecule has 0 radical (unpaired) electrons. The van der Waals surface area contributed by atoms with E-state index in [2.05, 4.69) is 6.92 Å². The van der Waals surface area contributed by atoms with Crippen molar-refractivity contribution >= 4 is 5.97 Å². The van der Waals surface area contributed by atoms with Gasteiger partial charge < -0.3 is 9.84 Å². The number of fused-ring (bicyclic) bond motifs is 1. The Balaban J connectivity index is 2.56. The lowest BCUT2D eigenvalue weighted by Gasteiger charge is -2.23. The molecule has 92 valence electrons. The molecule has 3 heteroatoms. The van der Waals surface area contributed by atoms with Crippen LogP contribution in [0.1, 0.15) is 35.1 Å². The largest absolute Gasteiger partial charge is 0.496 e. The van der Waals surface area contributed by atoms with E-state index in [4.69, 9.17) is 9.84 Å². The van der Waals surface area contributed by atoms with E-state index in [9.17, 15) is 4.79 Å². The molecule has 1 aliphatic rings. The maximum atomic E-state index is 11.0. The first-order chi connectivity index (χ1) is 8.13. The van der Waals surface area contributed by atoms with Crippen molar-refractivity contribution < 1.29 is 14.6 Å². The Kier molecular flexibility index (Phi) is 3.36. The van der Waals surface area contributed by atoms with Crippen LogP contribution in [0.25, 0.3) is 0 Å². The highest BCUT2D eigenvalue weighted by atomic mass is 16.5. The Morgan fingerprint density at radius 3 is 2.59 bits per heavy atom. The van der Waals surface area contributed by atoms with Crippen molar-refractivity contribution in [3.05, 3.63) is 28.3 Å². The minimum atomic E-state index is -0.792. The summed E-state index contributed by atoms with van der Waals surface area (Å²) in [5.74, 6) is -0.0644. The number of carbonyl (C=O) groups is 1. The van der Waals surface area contributed by atoms with Crippen molar-refractivity contribution in [2.45, 2.75) is 39.0 Å². The molecule has 1 aromatic rings. The van der Waals surface area contributed by atoms with E-state index < -0.39 is 5.97 Å². The first-order valence-corrected chi connectivity index (χ1v) is 6.03. The van der Waals surface area contributed by atoms with Crippen molar-refractivity contribution in [2.75, 3.05) is 7.11 Å². The number of aryl methyl sites for hydroxylation is 1. The number of hydrogen-bond acceptors (Lipinski definition) is 2. The molecule has 0 atom stereocenters. The third kappa shape index (κ3) is 2.28. The fraction of sp³-hybridized carbons (Fsp3) is 0.500. The number of hydrogen-bond donors (Lipinski definition) is 1. The second-order valence-electron chi connectivity index (χ2n) is 4.61. The molecule has 0 amide bonds. The highest BCUT2D eigenvalue weighted by Crippen LogP contribution is 2.34. The molecule has 3 nitrogen and oxygen atoms in total. The van der Waals surface area contributed by atoms with Gasteiger partial charge >= 0.3 is 5.97 Å². The molecule has 0 fully saturated rings. The van der Waals surface area contributed by atoms with Crippen LogP contribution in [0.5, 0.6) is 5.75 Å². The Hall–Kier alpha value is -1.51. The number of carboxylic acids is 1. The van der Waals surface area contributed by atoms with Crippen molar-refractivity contribution in [3.8, 4) is 5.75 Å². The van der Waals surface area contributed by atoms with Gasteiger partial charge in [-0.05, 0) is 55.4 Å². The molecule has 0 heterocycles. The van der Waals surface area contributed by atoms with E-state index in [1.54, 1.807) is 7.11 Å². The van der Waals surface area contributed by atoms with Gasteiger partial charge in [0.2, 0.25) is 0 Å². The Morgan fingerprint density at radius 2 is 2.00 bits per heavy atom. The van der Waals surface area contributed by atoms with E-state index in [0.29, 0.717) is 0 Å². The second kappa shape index (κ2) is 4.78. The summed E-state index contributed by atoms with van der Waals surface area (Å²) in [5, 5.41) is 9.00. The highest BCUT2D eigenvalue weighted by molar-refractivity contribution is 5.73. The van der Waals surface area contributed by atoms with Gasteiger partial charge in [-0.1, -0.05) is 0 Å². The fourth-order valence-corrected chi connectivity index (χ4v) is 2.72. The lowest BCUT2D eigenvalue weighted by Crippen LogP contribution is -2.13. The Morgan fingerprint density at radius 1 is 1.35 bits per heavy atom. The van der Waals surface area contributed by atoms with Crippen molar-refractivity contribution in [1.82, 2.24) is 0 Å². The van der Waals surface area contributed by atoms with Crippen LogP contribution in [0.15, 0.2) is 6.07 Å². The first-order valence-electron chi connectivity index (χ1n) is 6.03. The van der Waals surface area contributed by atoms with Gasteiger partial charge in [-0.3, -0.25) is 4.79 Å². The Labute approximate surface area is 101 Å². The van der Waals surface area contributed by atoms with Crippen LogP contribution in [0.3, 0.4) is 0 Å². The number of ether oxygens (including phenoxy) is 1. The molecule has 1 aliphatic carbocycles. The van der Waals surface area contributed by atoms with Gasteiger partial charge in [-0.2, -0.15) is 0 Å². The molecular formula is C14H18O3. The third-order valence-corrected chi connectivity index (χ3v) is 3.50. The SMILES string of the molecule is COc1cc(C)c2c(c1CC(=O)O)CCCC2. The van der Waals surface area contributed by atoms with Gasteiger partial charge in [0.1, 0.15) is 5.75 Å². The van der Waals surface area contributed by atoms with Crippen LogP contribution in [-0.2, 0) is 24.1 Å². The molecule has 2 rings (SSSR count). The minimum Gasteiger partial charge on any atom is -0.496 e. The zero-order valence-electron chi connectivity index (χ0n) is 10.4. The van der Waals surface area contributed by atoms with E-state index in [1.807, 2.05) is 6.07 Å². The van der Waals surface area contributed by atoms with Crippen LogP contribution in [0.4, 0.5) is 0 Å². The molecule has 0 aliphatic heterocycles. The van der Waals surface area contributed by atoms with Crippen molar-refractivity contribution in [2.24, 2.45) is 0 Å². The van der Waals surface area contributed by atoms with Gasteiger partial charge in [0, 0.05) is 5.56 Å². The summed E-state index contributed by atoms with van der Waals surface area (Å²) in [6.07, 6.45) is 4.46. The van der Waals surface area contributed by atoms with Crippen molar-refractivity contribution in [3.63, 3.8) is 0 Å². The number of carboxylic acid groups (broad SMARTS) is 1. The average Bonchev–Trinajstić information content (AvgIpc) is 2.32. The molecule has 1 aromatic carbocycles. The van der Waals surface area contributed by atoms with E-state index in [-0.39, 0.29) is 6.42 Å². The summed E-state index contributed by atoms with van der Waals surface area (Å²) >= 11 is 0. The zero-order valence-corrected chi connectivity index (χ0v) is 10.4. The van der Waals surface area contributed by atoms with Gasteiger partial charge in [0.25, 0.3) is 0 Å². The molecule has 1 N–H and O–H groups in total. The molecular weight excluding hydrogens is 216 g/mol. The van der Waals surface area contributed by atoms with Crippen LogP contribution in [-0.4, -0.2) is 18.2 Å². The summed E-state index contributed by atoms with van der Waals surface area (Å²) in [6.45, 7) is 2.08. The molecule has 0 saturated carbocycles. The molecule has 0 bridgehead atoms. The monoisotopic (exact) mass is 234 g/mol. The summed E-state index contributed by atoms with van der Waals surface area (Å²) in [6, 6.07) is 1.97. The van der Waals surface area contributed by atoms with Gasteiger partial charge in [0.15, 0.2) is 0 Å². The topological polar surface area (TPSA) is 46.5 Å². The van der Waals surface area contributed by atoms with Crippen LogP contribution >= 0.6 is 0 Å². The predicted molar refractivity (Wildman–Crippen MR) is 65.7 cm³/mol. The maximum absolute atomic E-state index is 11.0. The van der Waals surface area contributed by atoms with E-state index in [1.165, 1.54) is 23.1 Å². The summed E-state index contributed by atoms with van der Waals surface area (Å²) in [5.41, 5.74) is 4.66. The molecule has 0 unspecified atom stereocenters. The van der Waals surface area contributed by atoms with E-state index in [0.717, 1.165) is 30.6 Å². The summed E-state index contributed by atoms with van der Waals surface area (Å²) in [7, 11) is 1.61. The van der Waals surface area contributed by atoms with Gasteiger partial charge in [-0.15, -0.1) is 0 Å². The Bertz CT molecular complexity index is 449. The van der Waals surface area contributed by atoms with Crippen molar-refractivity contribution in [1.29, 1.82) is 0 Å². The molecule has 0 aromatic heterocycles.